The molecule has 0 unspecified atom stereocenters. The topological polar surface area (TPSA) is 51.5 Å². The number of furan rings is 1. The molecule has 0 aliphatic rings. The number of benzene rings is 2. The number of carbonyl (C=O) groups is 1. The third kappa shape index (κ3) is 3.81. The minimum atomic E-state index is -0.415. The maximum atomic E-state index is 12.3. The van der Waals surface area contributed by atoms with E-state index in [0.29, 0.717) is 24.7 Å². The van der Waals surface area contributed by atoms with E-state index in [0.717, 1.165) is 10.9 Å². The number of carbonyl (C=O) groups excluding carboxylic acids is 1. The number of rotatable bonds is 7. The first-order chi connectivity index (χ1) is 12.6. The van der Waals surface area contributed by atoms with Crippen LogP contribution in [0.3, 0.4) is 0 Å². The van der Waals surface area contributed by atoms with Crippen LogP contribution in [0, 0.1) is 5.92 Å². The van der Waals surface area contributed by atoms with E-state index in [1.165, 1.54) is 5.56 Å². The van der Waals surface area contributed by atoms with Crippen LogP contribution in [0.1, 0.15) is 48.5 Å². The molecule has 4 nitrogen and oxygen atoms in total. The van der Waals surface area contributed by atoms with Crippen LogP contribution in [0.15, 0.2) is 59.0 Å². The van der Waals surface area contributed by atoms with Crippen molar-refractivity contribution in [3.8, 4) is 0 Å². The summed E-state index contributed by atoms with van der Waals surface area (Å²) in [5.41, 5.74) is 2.78. The molecule has 136 valence electrons. The molecule has 3 rings (SSSR count). The Bertz CT molecular complexity index is 867. The number of hydrogen-bond donors (Lipinski definition) is 1. The molecule has 0 saturated carbocycles. The zero-order chi connectivity index (χ0) is 18.5. The molecule has 26 heavy (non-hydrogen) atoms. The number of nitrogens with one attached hydrogen (secondary N) is 1. The number of para-hydroxylation sites is 1. The van der Waals surface area contributed by atoms with E-state index in [9.17, 15) is 4.79 Å². The van der Waals surface area contributed by atoms with Crippen LogP contribution >= 0.6 is 0 Å². The molecule has 1 heterocycles. The van der Waals surface area contributed by atoms with Crippen LogP contribution in [0.4, 0.5) is 0 Å². The van der Waals surface area contributed by atoms with Crippen LogP contribution in [0.5, 0.6) is 0 Å². The highest BCUT2D eigenvalue weighted by Crippen LogP contribution is 2.28. The van der Waals surface area contributed by atoms with Crippen LogP contribution in [-0.4, -0.2) is 12.6 Å². The Kier molecular flexibility index (Phi) is 5.74. The SMILES string of the molecule is CCOC(=O)c1oc2ccccc2c1CN[C@H](c1ccccc1)C(C)C. The Morgan fingerprint density at radius 2 is 1.77 bits per heavy atom. The maximum absolute atomic E-state index is 12.3. The van der Waals surface area contributed by atoms with Crippen molar-refractivity contribution in [3.05, 3.63) is 71.5 Å². The fourth-order valence-corrected chi connectivity index (χ4v) is 3.25. The highest BCUT2D eigenvalue weighted by atomic mass is 16.5. The monoisotopic (exact) mass is 351 g/mol. The summed E-state index contributed by atoms with van der Waals surface area (Å²) in [4.78, 5) is 12.3. The van der Waals surface area contributed by atoms with Crippen molar-refractivity contribution < 1.29 is 13.9 Å². The highest BCUT2D eigenvalue weighted by molar-refractivity contribution is 5.96. The Hall–Kier alpha value is -2.59. The van der Waals surface area contributed by atoms with Gasteiger partial charge in [-0.15, -0.1) is 0 Å². The third-order valence-electron chi connectivity index (χ3n) is 4.48. The van der Waals surface area contributed by atoms with Gasteiger partial charge >= 0.3 is 5.97 Å². The lowest BCUT2D eigenvalue weighted by molar-refractivity contribution is 0.0490. The molecule has 0 aliphatic carbocycles. The Labute approximate surface area is 154 Å². The molecule has 0 radical (unpaired) electrons. The van der Waals surface area contributed by atoms with Crippen molar-refractivity contribution in [1.29, 1.82) is 0 Å². The Morgan fingerprint density at radius 3 is 2.46 bits per heavy atom. The Morgan fingerprint density at radius 1 is 1.08 bits per heavy atom. The molecule has 1 atom stereocenters. The highest BCUT2D eigenvalue weighted by Gasteiger charge is 2.23. The third-order valence-corrected chi connectivity index (χ3v) is 4.48. The van der Waals surface area contributed by atoms with E-state index in [-0.39, 0.29) is 11.8 Å². The van der Waals surface area contributed by atoms with Gasteiger partial charge in [0.15, 0.2) is 0 Å². The second-order valence-corrected chi connectivity index (χ2v) is 6.64. The van der Waals surface area contributed by atoms with Gasteiger partial charge < -0.3 is 14.5 Å². The average Bonchev–Trinajstić information content (AvgIpc) is 3.02. The summed E-state index contributed by atoms with van der Waals surface area (Å²) < 4.78 is 11.0. The van der Waals surface area contributed by atoms with E-state index in [2.05, 4.69) is 31.3 Å². The predicted molar refractivity (Wildman–Crippen MR) is 103 cm³/mol. The number of ether oxygens (including phenoxy) is 1. The van der Waals surface area contributed by atoms with Crippen molar-refractivity contribution in [3.63, 3.8) is 0 Å². The van der Waals surface area contributed by atoms with Crippen molar-refractivity contribution in [2.75, 3.05) is 6.61 Å². The number of esters is 1. The summed E-state index contributed by atoms with van der Waals surface area (Å²) in [6, 6.07) is 18.2. The van der Waals surface area contributed by atoms with Crippen LogP contribution in [0.25, 0.3) is 11.0 Å². The number of hydrogen-bond acceptors (Lipinski definition) is 4. The van der Waals surface area contributed by atoms with Gasteiger partial charge in [0.2, 0.25) is 5.76 Å². The molecule has 3 aromatic rings. The lowest BCUT2D eigenvalue weighted by Crippen LogP contribution is -2.26. The first-order valence-electron chi connectivity index (χ1n) is 9.07. The quantitative estimate of drug-likeness (QED) is 0.602. The van der Waals surface area contributed by atoms with Gasteiger partial charge in [-0.05, 0) is 24.5 Å². The summed E-state index contributed by atoms with van der Waals surface area (Å²) in [5, 5.41) is 4.54. The molecule has 4 heteroatoms. The van der Waals surface area contributed by atoms with Crippen LogP contribution in [-0.2, 0) is 11.3 Å². The van der Waals surface area contributed by atoms with E-state index in [4.69, 9.17) is 9.15 Å². The molecular formula is C22H25NO3. The van der Waals surface area contributed by atoms with Gasteiger partial charge in [0.05, 0.1) is 6.61 Å². The molecular weight excluding hydrogens is 326 g/mol. The lowest BCUT2D eigenvalue weighted by atomic mass is 9.95. The molecule has 0 fully saturated rings. The van der Waals surface area contributed by atoms with Gasteiger partial charge in [-0.2, -0.15) is 0 Å². The predicted octanol–water partition coefficient (Wildman–Crippen LogP) is 5.10. The second-order valence-electron chi connectivity index (χ2n) is 6.64. The minimum Gasteiger partial charge on any atom is -0.460 e. The summed E-state index contributed by atoms with van der Waals surface area (Å²) in [6.07, 6.45) is 0. The first-order valence-corrected chi connectivity index (χ1v) is 9.07. The van der Waals surface area contributed by atoms with Crippen molar-refractivity contribution in [1.82, 2.24) is 5.32 Å². The zero-order valence-corrected chi connectivity index (χ0v) is 15.5. The normalized spacial score (nSPS) is 12.5. The zero-order valence-electron chi connectivity index (χ0n) is 15.5. The maximum Gasteiger partial charge on any atom is 0.374 e. The Balaban J connectivity index is 1.92. The molecule has 0 aliphatic heterocycles. The average molecular weight is 351 g/mol. The van der Waals surface area contributed by atoms with E-state index in [1.807, 2.05) is 42.5 Å². The largest absolute Gasteiger partial charge is 0.460 e. The van der Waals surface area contributed by atoms with E-state index < -0.39 is 5.97 Å². The van der Waals surface area contributed by atoms with Gasteiger partial charge in [0, 0.05) is 23.5 Å². The molecule has 0 spiro atoms. The van der Waals surface area contributed by atoms with Crippen molar-refractivity contribution >= 4 is 16.9 Å². The van der Waals surface area contributed by atoms with Crippen molar-refractivity contribution in [2.24, 2.45) is 5.92 Å². The molecule has 0 amide bonds. The smallest absolute Gasteiger partial charge is 0.374 e. The molecule has 0 bridgehead atoms. The molecule has 0 saturated heterocycles. The summed E-state index contributed by atoms with van der Waals surface area (Å²) >= 11 is 0. The van der Waals surface area contributed by atoms with Gasteiger partial charge in [-0.3, -0.25) is 0 Å². The van der Waals surface area contributed by atoms with Gasteiger partial charge in [0.25, 0.3) is 0 Å². The second kappa shape index (κ2) is 8.19. The summed E-state index contributed by atoms with van der Waals surface area (Å²) in [7, 11) is 0. The van der Waals surface area contributed by atoms with Gasteiger partial charge in [-0.25, -0.2) is 4.79 Å². The molecule has 1 aromatic heterocycles. The molecule has 1 N–H and O–H groups in total. The van der Waals surface area contributed by atoms with E-state index in [1.54, 1.807) is 6.92 Å². The van der Waals surface area contributed by atoms with E-state index >= 15 is 0 Å². The molecule has 2 aromatic carbocycles. The fourth-order valence-electron chi connectivity index (χ4n) is 3.25. The standard InChI is InChI=1S/C22H25NO3/c1-4-25-22(24)21-18(17-12-8-9-13-19(17)26-21)14-23-20(15(2)3)16-10-6-5-7-11-16/h5-13,15,20,23H,4,14H2,1-3H3/t20-/m0/s1. The summed E-state index contributed by atoms with van der Waals surface area (Å²) in [6.45, 7) is 7.02. The number of fused-ring (bicyclic) bond motifs is 1. The fraction of sp³-hybridized carbons (Fsp3) is 0.318. The van der Waals surface area contributed by atoms with Crippen LogP contribution < -0.4 is 5.32 Å². The lowest BCUT2D eigenvalue weighted by Gasteiger charge is -2.23. The summed E-state index contributed by atoms with van der Waals surface area (Å²) in [5.74, 6) is 0.277. The van der Waals surface area contributed by atoms with Gasteiger partial charge in [-0.1, -0.05) is 62.4 Å². The first kappa shape index (κ1) is 18.2. The van der Waals surface area contributed by atoms with Gasteiger partial charge in [0.1, 0.15) is 5.58 Å². The minimum absolute atomic E-state index is 0.180. The van der Waals surface area contributed by atoms with Crippen molar-refractivity contribution in [2.45, 2.75) is 33.4 Å². The van der Waals surface area contributed by atoms with Crippen LogP contribution in [0.2, 0.25) is 0 Å².